The van der Waals surface area contributed by atoms with Crippen LogP contribution in [0.15, 0.2) is 42.5 Å². The first-order valence-corrected chi connectivity index (χ1v) is 4.77. The fourth-order valence-corrected chi connectivity index (χ4v) is 1.52. The summed E-state index contributed by atoms with van der Waals surface area (Å²) in [4.78, 5) is 0. The van der Waals surface area contributed by atoms with E-state index in [9.17, 15) is 4.39 Å². The Morgan fingerprint density at radius 2 is 1.88 bits per heavy atom. The largest absolute Gasteiger partial charge is 0.398 e. The highest BCUT2D eigenvalue weighted by Gasteiger charge is 2.06. The third-order valence-electron chi connectivity index (χ3n) is 2.36. The van der Waals surface area contributed by atoms with Crippen molar-refractivity contribution >= 4 is 5.69 Å². The maximum atomic E-state index is 13.5. The second-order valence-corrected chi connectivity index (χ2v) is 3.39. The Bertz CT molecular complexity index is 570. The first kappa shape index (κ1) is 10.2. The van der Waals surface area contributed by atoms with Gasteiger partial charge in [-0.2, -0.15) is 5.26 Å². The van der Waals surface area contributed by atoms with Crippen molar-refractivity contribution in [1.82, 2.24) is 0 Å². The molecule has 0 fully saturated rings. The molecule has 3 heteroatoms. The number of rotatable bonds is 1. The van der Waals surface area contributed by atoms with Crippen LogP contribution in [0.4, 0.5) is 10.1 Å². The van der Waals surface area contributed by atoms with Crippen molar-refractivity contribution in [1.29, 1.82) is 5.26 Å². The molecule has 0 atom stereocenters. The predicted octanol–water partition coefficient (Wildman–Crippen LogP) is 2.95. The third kappa shape index (κ3) is 1.73. The van der Waals surface area contributed by atoms with Crippen molar-refractivity contribution in [3.05, 3.63) is 53.8 Å². The number of anilines is 1. The van der Waals surface area contributed by atoms with E-state index in [1.54, 1.807) is 36.4 Å². The number of benzene rings is 2. The van der Waals surface area contributed by atoms with Crippen LogP contribution < -0.4 is 5.73 Å². The van der Waals surface area contributed by atoms with Gasteiger partial charge in [0.05, 0.1) is 5.56 Å². The quantitative estimate of drug-likeness (QED) is 0.739. The van der Waals surface area contributed by atoms with Crippen molar-refractivity contribution < 1.29 is 4.39 Å². The topological polar surface area (TPSA) is 49.8 Å². The molecule has 0 radical (unpaired) electrons. The summed E-state index contributed by atoms with van der Waals surface area (Å²) in [7, 11) is 0. The van der Waals surface area contributed by atoms with Gasteiger partial charge < -0.3 is 5.73 Å². The molecule has 0 unspecified atom stereocenters. The molecule has 0 bridgehead atoms. The molecule has 0 aliphatic carbocycles. The molecule has 78 valence electrons. The van der Waals surface area contributed by atoms with Gasteiger partial charge in [0.1, 0.15) is 11.9 Å². The van der Waals surface area contributed by atoms with Crippen LogP contribution in [0, 0.1) is 17.1 Å². The van der Waals surface area contributed by atoms with Crippen LogP contribution in [-0.4, -0.2) is 0 Å². The Hall–Kier alpha value is -2.34. The van der Waals surface area contributed by atoms with Gasteiger partial charge in [-0.1, -0.05) is 24.3 Å². The summed E-state index contributed by atoms with van der Waals surface area (Å²) >= 11 is 0. The molecule has 0 aromatic heterocycles. The number of nitrogens with two attached hydrogens (primary N) is 1. The van der Waals surface area contributed by atoms with Gasteiger partial charge in [-0.15, -0.1) is 0 Å². The molecule has 2 aromatic carbocycles. The number of nitrogen functional groups attached to an aromatic ring is 1. The Morgan fingerprint density at radius 3 is 2.56 bits per heavy atom. The molecule has 0 aliphatic heterocycles. The minimum absolute atomic E-state index is 0.309. The second kappa shape index (κ2) is 4.03. The summed E-state index contributed by atoms with van der Waals surface area (Å²) < 4.78 is 13.5. The summed E-state index contributed by atoms with van der Waals surface area (Å²) in [6.45, 7) is 0. The van der Waals surface area contributed by atoms with Gasteiger partial charge in [0.15, 0.2) is 0 Å². The summed E-state index contributed by atoms with van der Waals surface area (Å²) in [6.07, 6.45) is 0. The van der Waals surface area contributed by atoms with E-state index >= 15 is 0 Å². The monoisotopic (exact) mass is 212 g/mol. The fourth-order valence-electron chi connectivity index (χ4n) is 1.52. The van der Waals surface area contributed by atoms with Crippen molar-refractivity contribution in [2.24, 2.45) is 0 Å². The Labute approximate surface area is 92.8 Å². The van der Waals surface area contributed by atoms with E-state index in [1.807, 2.05) is 6.07 Å². The lowest BCUT2D eigenvalue weighted by Crippen LogP contribution is -1.91. The normalized spacial score (nSPS) is 9.75. The Morgan fingerprint density at radius 1 is 1.12 bits per heavy atom. The molecule has 2 nitrogen and oxygen atoms in total. The molecule has 2 rings (SSSR count). The van der Waals surface area contributed by atoms with Gasteiger partial charge in [-0.05, 0) is 23.8 Å². The highest BCUT2D eigenvalue weighted by atomic mass is 19.1. The average molecular weight is 212 g/mol. The zero-order valence-corrected chi connectivity index (χ0v) is 8.44. The first-order valence-electron chi connectivity index (χ1n) is 4.77. The molecule has 2 aromatic rings. The van der Waals surface area contributed by atoms with Crippen LogP contribution in [0.25, 0.3) is 11.1 Å². The van der Waals surface area contributed by atoms with E-state index < -0.39 is 0 Å². The highest BCUT2D eigenvalue weighted by Crippen LogP contribution is 2.25. The molecule has 2 N–H and O–H groups in total. The summed E-state index contributed by atoms with van der Waals surface area (Å²) in [5.41, 5.74) is 7.49. The van der Waals surface area contributed by atoms with E-state index in [2.05, 4.69) is 0 Å². The van der Waals surface area contributed by atoms with Gasteiger partial charge in [0.2, 0.25) is 0 Å². The number of hydrogen-bond acceptors (Lipinski definition) is 2. The minimum atomic E-state index is -0.309. The lowest BCUT2D eigenvalue weighted by molar-refractivity contribution is 0.631. The van der Waals surface area contributed by atoms with E-state index in [0.717, 1.165) is 0 Å². The van der Waals surface area contributed by atoms with Crippen LogP contribution in [0.1, 0.15) is 5.56 Å². The third-order valence-corrected chi connectivity index (χ3v) is 2.36. The van der Waals surface area contributed by atoms with Gasteiger partial charge in [0, 0.05) is 11.3 Å². The molecule has 0 saturated heterocycles. The van der Waals surface area contributed by atoms with Crippen LogP contribution >= 0.6 is 0 Å². The van der Waals surface area contributed by atoms with Crippen LogP contribution in [-0.2, 0) is 0 Å². The minimum Gasteiger partial charge on any atom is -0.398 e. The molecular weight excluding hydrogens is 203 g/mol. The van der Waals surface area contributed by atoms with Crippen LogP contribution in [0.2, 0.25) is 0 Å². The fraction of sp³-hybridized carbons (Fsp3) is 0. The van der Waals surface area contributed by atoms with Crippen molar-refractivity contribution in [2.45, 2.75) is 0 Å². The van der Waals surface area contributed by atoms with Crippen molar-refractivity contribution in [2.75, 3.05) is 5.73 Å². The highest BCUT2D eigenvalue weighted by molar-refractivity contribution is 5.70. The van der Waals surface area contributed by atoms with Gasteiger partial charge in [0.25, 0.3) is 0 Å². The lowest BCUT2D eigenvalue weighted by atomic mass is 10.0. The zero-order chi connectivity index (χ0) is 11.5. The maximum Gasteiger partial charge on any atom is 0.131 e. The zero-order valence-electron chi connectivity index (χ0n) is 8.44. The molecule has 16 heavy (non-hydrogen) atoms. The maximum absolute atomic E-state index is 13.5. The molecule has 0 heterocycles. The SMILES string of the molecule is N#Cc1cc(-c2ccccc2F)ccc1N. The Kier molecular flexibility index (Phi) is 2.57. The number of nitrogens with zero attached hydrogens (tertiary/aromatic N) is 1. The van der Waals surface area contributed by atoms with E-state index in [-0.39, 0.29) is 5.82 Å². The standard InChI is InChI=1S/C13H9FN2/c14-12-4-2-1-3-11(12)9-5-6-13(16)10(7-9)8-15/h1-7H,16H2. The number of halogens is 1. The molecule has 0 spiro atoms. The van der Waals surface area contributed by atoms with E-state index in [0.29, 0.717) is 22.4 Å². The number of hydrogen-bond donors (Lipinski definition) is 1. The smallest absolute Gasteiger partial charge is 0.131 e. The molecular formula is C13H9FN2. The molecule has 0 amide bonds. The van der Waals surface area contributed by atoms with Crippen molar-refractivity contribution in [3.63, 3.8) is 0 Å². The van der Waals surface area contributed by atoms with Gasteiger partial charge >= 0.3 is 0 Å². The first-order chi connectivity index (χ1) is 7.72. The van der Waals surface area contributed by atoms with Crippen LogP contribution in [0.3, 0.4) is 0 Å². The second-order valence-electron chi connectivity index (χ2n) is 3.39. The van der Waals surface area contributed by atoms with Gasteiger partial charge in [-0.3, -0.25) is 0 Å². The van der Waals surface area contributed by atoms with Gasteiger partial charge in [-0.25, -0.2) is 4.39 Å². The summed E-state index contributed by atoms with van der Waals surface area (Å²) in [5.74, 6) is -0.309. The number of nitriles is 1. The van der Waals surface area contributed by atoms with Crippen molar-refractivity contribution in [3.8, 4) is 17.2 Å². The molecule has 0 saturated carbocycles. The van der Waals surface area contributed by atoms with E-state index in [4.69, 9.17) is 11.0 Å². The lowest BCUT2D eigenvalue weighted by Gasteiger charge is -2.04. The summed E-state index contributed by atoms with van der Waals surface area (Å²) in [6, 6.07) is 13.3. The summed E-state index contributed by atoms with van der Waals surface area (Å²) in [5, 5.41) is 8.84. The average Bonchev–Trinajstić information content (AvgIpc) is 2.31. The van der Waals surface area contributed by atoms with Crippen LogP contribution in [0.5, 0.6) is 0 Å². The van der Waals surface area contributed by atoms with E-state index in [1.165, 1.54) is 6.07 Å². The molecule has 0 aliphatic rings. The Balaban J connectivity index is 2.59. The predicted molar refractivity (Wildman–Crippen MR) is 61.0 cm³/mol.